The molecule has 0 saturated carbocycles. The van der Waals surface area contributed by atoms with Gasteiger partial charge in [0.25, 0.3) is 10.0 Å². The van der Waals surface area contributed by atoms with Crippen LogP contribution in [0.15, 0.2) is 16.3 Å². The van der Waals surface area contributed by atoms with Crippen LogP contribution in [0.4, 0.5) is 0 Å². The molecule has 0 bridgehead atoms. The van der Waals surface area contributed by atoms with Gasteiger partial charge in [-0.2, -0.15) is 4.72 Å². The molecular formula is C16H26N2O3S2. The van der Waals surface area contributed by atoms with Crippen LogP contribution in [0.25, 0.3) is 0 Å². The fourth-order valence-electron chi connectivity index (χ4n) is 2.70. The van der Waals surface area contributed by atoms with Crippen LogP contribution < -0.4 is 4.72 Å². The molecule has 23 heavy (non-hydrogen) atoms. The first-order valence-corrected chi connectivity index (χ1v) is 10.5. The molecule has 1 fully saturated rings. The highest BCUT2D eigenvalue weighted by Gasteiger charge is 2.32. The van der Waals surface area contributed by atoms with Crippen molar-refractivity contribution >= 4 is 27.3 Å². The summed E-state index contributed by atoms with van der Waals surface area (Å²) in [6.07, 6.45) is 3.93. The Morgan fingerprint density at radius 1 is 1.26 bits per heavy atom. The van der Waals surface area contributed by atoms with Crippen molar-refractivity contribution in [2.24, 2.45) is 5.92 Å². The van der Waals surface area contributed by atoms with E-state index in [1.165, 1.54) is 11.3 Å². The van der Waals surface area contributed by atoms with Crippen molar-refractivity contribution in [2.45, 2.75) is 56.7 Å². The lowest BCUT2D eigenvalue weighted by Crippen LogP contribution is -2.52. The van der Waals surface area contributed by atoms with Gasteiger partial charge in [0, 0.05) is 18.0 Å². The molecule has 0 aliphatic carbocycles. The predicted octanol–water partition coefficient (Wildman–Crippen LogP) is 2.63. The maximum atomic E-state index is 12.7. The number of nitrogens with zero attached hydrogens (tertiary/aromatic N) is 1. The summed E-state index contributed by atoms with van der Waals surface area (Å²) in [5.74, 6) is -0.194. The Bertz CT molecular complexity index is 632. The van der Waals surface area contributed by atoms with Crippen molar-refractivity contribution in [3.63, 3.8) is 0 Å². The van der Waals surface area contributed by atoms with Gasteiger partial charge in [0.15, 0.2) is 0 Å². The van der Waals surface area contributed by atoms with Gasteiger partial charge >= 0.3 is 0 Å². The quantitative estimate of drug-likeness (QED) is 0.850. The fraction of sp³-hybridized carbons (Fsp3) is 0.688. The molecule has 1 N–H and O–H groups in total. The Morgan fingerprint density at radius 2 is 1.91 bits per heavy atom. The summed E-state index contributed by atoms with van der Waals surface area (Å²) in [7, 11) is -3.66. The number of amides is 1. The van der Waals surface area contributed by atoms with Crippen molar-refractivity contribution in [3.8, 4) is 0 Å². The highest BCUT2D eigenvalue weighted by Crippen LogP contribution is 2.23. The zero-order chi connectivity index (χ0) is 17.0. The number of carbonyl (C=O) groups excluding carboxylic acids is 1. The standard InChI is InChI=1S/C16H26N2O3S2/c1-4-13-8-9-14(22-13)23(20,21)17-15(12(2)3)16(19)18-10-6-5-7-11-18/h8-9,12,15,17H,4-7,10-11H2,1-3H3/t15-/m1/s1. The van der Waals surface area contributed by atoms with E-state index in [-0.39, 0.29) is 16.0 Å². The van der Waals surface area contributed by atoms with Crippen molar-refractivity contribution in [1.29, 1.82) is 0 Å². The van der Waals surface area contributed by atoms with Crippen molar-refractivity contribution in [3.05, 3.63) is 17.0 Å². The van der Waals surface area contributed by atoms with E-state index in [4.69, 9.17) is 0 Å². The molecule has 0 unspecified atom stereocenters. The largest absolute Gasteiger partial charge is 0.341 e. The molecule has 7 heteroatoms. The molecule has 1 aliphatic rings. The van der Waals surface area contributed by atoms with Crippen molar-refractivity contribution < 1.29 is 13.2 Å². The predicted molar refractivity (Wildman–Crippen MR) is 93.1 cm³/mol. The lowest BCUT2D eigenvalue weighted by Gasteiger charge is -2.32. The molecule has 1 amide bonds. The molecular weight excluding hydrogens is 332 g/mol. The van der Waals surface area contributed by atoms with E-state index in [2.05, 4.69) is 4.72 Å². The van der Waals surface area contributed by atoms with Crippen LogP contribution in [-0.2, 0) is 21.2 Å². The first-order valence-electron chi connectivity index (χ1n) is 8.25. The highest BCUT2D eigenvalue weighted by atomic mass is 32.2. The summed E-state index contributed by atoms with van der Waals surface area (Å²) in [5.41, 5.74) is 0. The van der Waals surface area contributed by atoms with Gasteiger partial charge in [-0.15, -0.1) is 11.3 Å². The van der Waals surface area contributed by atoms with Gasteiger partial charge in [-0.3, -0.25) is 4.79 Å². The summed E-state index contributed by atoms with van der Waals surface area (Å²) in [6.45, 7) is 7.19. The van der Waals surface area contributed by atoms with E-state index < -0.39 is 16.1 Å². The zero-order valence-corrected chi connectivity index (χ0v) is 15.7. The number of hydrogen-bond donors (Lipinski definition) is 1. The van der Waals surface area contributed by atoms with Crippen molar-refractivity contribution in [2.75, 3.05) is 13.1 Å². The summed E-state index contributed by atoms with van der Waals surface area (Å²) < 4.78 is 28.1. The molecule has 5 nitrogen and oxygen atoms in total. The Labute approximate surface area is 143 Å². The lowest BCUT2D eigenvalue weighted by molar-refractivity contribution is -0.134. The normalized spacial score (nSPS) is 17.5. The van der Waals surface area contributed by atoms with E-state index in [0.29, 0.717) is 0 Å². The monoisotopic (exact) mass is 358 g/mol. The number of aryl methyl sites for hydroxylation is 1. The summed E-state index contributed by atoms with van der Waals surface area (Å²) in [6, 6.07) is 2.75. The third kappa shape index (κ3) is 4.55. The zero-order valence-electron chi connectivity index (χ0n) is 14.0. The highest BCUT2D eigenvalue weighted by molar-refractivity contribution is 7.91. The van der Waals surface area contributed by atoms with E-state index in [1.54, 1.807) is 11.0 Å². The van der Waals surface area contributed by atoms with Gasteiger partial charge < -0.3 is 4.90 Å². The summed E-state index contributed by atoms with van der Waals surface area (Å²) in [5, 5.41) is 0. The van der Waals surface area contributed by atoms with Crippen LogP contribution in [0.5, 0.6) is 0 Å². The van der Waals surface area contributed by atoms with Gasteiger partial charge in [-0.05, 0) is 43.7 Å². The number of carbonyl (C=O) groups is 1. The maximum Gasteiger partial charge on any atom is 0.250 e. The topological polar surface area (TPSA) is 66.5 Å². The fourth-order valence-corrected chi connectivity index (χ4v) is 5.35. The number of rotatable bonds is 6. The molecule has 0 aromatic carbocycles. The number of sulfonamides is 1. The van der Waals surface area contributed by atoms with Crippen molar-refractivity contribution in [1.82, 2.24) is 9.62 Å². The molecule has 0 spiro atoms. The first kappa shape index (κ1) is 18.4. The molecule has 1 aliphatic heterocycles. The Morgan fingerprint density at radius 3 is 2.43 bits per heavy atom. The molecule has 1 aromatic heterocycles. The van der Waals surface area contributed by atoms with Gasteiger partial charge in [0.2, 0.25) is 5.91 Å². The van der Waals surface area contributed by atoms with Crippen LogP contribution in [0, 0.1) is 5.92 Å². The number of thiophene rings is 1. The van der Waals surface area contributed by atoms with Crippen LogP contribution in [-0.4, -0.2) is 38.4 Å². The van der Waals surface area contributed by atoms with E-state index in [1.807, 2.05) is 26.8 Å². The minimum atomic E-state index is -3.66. The number of piperidine rings is 1. The molecule has 2 heterocycles. The second-order valence-corrected chi connectivity index (χ2v) is 9.41. The molecule has 2 rings (SSSR count). The summed E-state index contributed by atoms with van der Waals surface area (Å²) in [4.78, 5) is 15.5. The number of nitrogens with one attached hydrogen (secondary N) is 1. The second kappa shape index (κ2) is 7.77. The first-order chi connectivity index (χ1) is 10.8. The third-order valence-electron chi connectivity index (χ3n) is 4.13. The minimum Gasteiger partial charge on any atom is -0.341 e. The van der Waals surface area contributed by atoms with Gasteiger partial charge in [-0.25, -0.2) is 8.42 Å². The smallest absolute Gasteiger partial charge is 0.250 e. The molecule has 1 saturated heterocycles. The lowest BCUT2D eigenvalue weighted by atomic mass is 10.0. The van der Waals surface area contributed by atoms with Crippen LogP contribution in [0.3, 0.4) is 0 Å². The Hall–Kier alpha value is -0.920. The number of hydrogen-bond acceptors (Lipinski definition) is 4. The molecule has 130 valence electrons. The maximum absolute atomic E-state index is 12.7. The van der Waals surface area contributed by atoms with Gasteiger partial charge in [0.05, 0.1) is 0 Å². The van der Waals surface area contributed by atoms with E-state index in [9.17, 15) is 13.2 Å². The summed E-state index contributed by atoms with van der Waals surface area (Å²) >= 11 is 1.27. The molecule has 1 aromatic rings. The van der Waals surface area contributed by atoms with E-state index >= 15 is 0 Å². The van der Waals surface area contributed by atoms with Gasteiger partial charge in [0.1, 0.15) is 10.3 Å². The number of likely N-dealkylation sites (tertiary alicyclic amines) is 1. The average molecular weight is 359 g/mol. The van der Waals surface area contributed by atoms with E-state index in [0.717, 1.165) is 43.6 Å². The second-order valence-electron chi connectivity index (χ2n) is 6.30. The minimum absolute atomic E-state index is 0.0928. The molecule has 1 atom stereocenters. The average Bonchev–Trinajstić information content (AvgIpc) is 3.02. The Balaban J connectivity index is 2.16. The van der Waals surface area contributed by atoms with Gasteiger partial charge in [-0.1, -0.05) is 20.8 Å². The van der Waals surface area contributed by atoms with Crippen LogP contribution in [0.1, 0.15) is 44.9 Å². The third-order valence-corrected chi connectivity index (χ3v) is 7.30. The van der Waals surface area contributed by atoms with Crippen LogP contribution in [0.2, 0.25) is 0 Å². The Kier molecular flexibility index (Phi) is 6.22. The SMILES string of the molecule is CCc1ccc(S(=O)(=O)N[C@@H](C(=O)N2CCCCC2)C(C)C)s1. The van der Waals surface area contributed by atoms with Crippen LogP contribution >= 0.6 is 11.3 Å². The molecule has 0 radical (unpaired) electrons.